The number of aromatic hydroxyl groups is 1. The quantitative estimate of drug-likeness (QED) is 0.819. The summed E-state index contributed by atoms with van der Waals surface area (Å²) in [7, 11) is 0. The van der Waals surface area contributed by atoms with Gasteiger partial charge in [-0.2, -0.15) is 0 Å². The molecule has 1 aromatic carbocycles. The molecule has 0 spiro atoms. The van der Waals surface area contributed by atoms with Gasteiger partial charge in [-0.25, -0.2) is 0 Å². The summed E-state index contributed by atoms with van der Waals surface area (Å²) in [5.74, 6) is 0.360. The molecule has 1 aromatic rings. The van der Waals surface area contributed by atoms with Gasteiger partial charge in [-0.3, -0.25) is 4.79 Å². The number of nitrogens with one attached hydrogen (secondary N) is 1. The van der Waals surface area contributed by atoms with Crippen molar-refractivity contribution in [2.45, 2.75) is 31.7 Å². The molecule has 1 aliphatic carbocycles. The minimum atomic E-state index is -0.125. The van der Waals surface area contributed by atoms with E-state index in [0.29, 0.717) is 11.5 Å². The second kappa shape index (κ2) is 6.62. The Labute approximate surface area is 126 Å². The topological polar surface area (TPSA) is 49.3 Å². The van der Waals surface area contributed by atoms with Gasteiger partial charge >= 0.3 is 0 Å². The Bertz CT molecular complexity index is 467. The normalized spacial score (nSPS) is 23.1. The molecule has 0 aromatic heterocycles. The van der Waals surface area contributed by atoms with E-state index in [1.165, 1.54) is 18.6 Å². The van der Waals surface area contributed by atoms with Crippen molar-refractivity contribution in [2.24, 2.45) is 5.92 Å². The van der Waals surface area contributed by atoms with Crippen LogP contribution in [0.1, 0.15) is 36.0 Å². The van der Waals surface area contributed by atoms with Crippen molar-refractivity contribution in [2.75, 3.05) is 5.33 Å². The van der Waals surface area contributed by atoms with Crippen LogP contribution in [0, 0.1) is 5.92 Å². The number of hydrogen-bond donors (Lipinski definition) is 2. The van der Waals surface area contributed by atoms with Crippen LogP contribution in [0.5, 0.6) is 5.75 Å². The fourth-order valence-corrected chi connectivity index (χ4v) is 3.44. The first-order chi connectivity index (χ1) is 9.11. The third kappa shape index (κ3) is 3.63. The zero-order chi connectivity index (χ0) is 13.8. The van der Waals surface area contributed by atoms with E-state index in [4.69, 9.17) is 11.6 Å². The highest BCUT2D eigenvalue weighted by Gasteiger charge is 2.25. The van der Waals surface area contributed by atoms with Gasteiger partial charge in [0.2, 0.25) is 0 Å². The van der Waals surface area contributed by atoms with Crippen molar-refractivity contribution < 1.29 is 9.90 Å². The van der Waals surface area contributed by atoms with Crippen LogP contribution < -0.4 is 5.32 Å². The number of alkyl halides is 1. The van der Waals surface area contributed by atoms with Crippen LogP contribution >= 0.6 is 27.5 Å². The Balaban J connectivity index is 2.05. The lowest BCUT2D eigenvalue weighted by Gasteiger charge is -2.31. The predicted molar refractivity (Wildman–Crippen MR) is 80.1 cm³/mol. The summed E-state index contributed by atoms with van der Waals surface area (Å²) in [6, 6.07) is 4.74. The molecule has 0 saturated heterocycles. The highest BCUT2D eigenvalue weighted by atomic mass is 79.9. The van der Waals surface area contributed by atoms with E-state index < -0.39 is 0 Å². The Morgan fingerprint density at radius 1 is 1.42 bits per heavy atom. The fourth-order valence-electron chi connectivity index (χ4n) is 2.48. The lowest BCUT2D eigenvalue weighted by molar-refractivity contribution is 0.0911. The number of carbonyl (C=O) groups is 1. The van der Waals surface area contributed by atoms with Gasteiger partial charge in [-0.05, 0) is 37.0 Å². The number of phenols is 1. The van der Waals surface area contributed by atoms with Crippen LogP contribution in [-0.2, 0) is 0 Å². The Hall–Kier alpha value is -0.740. The molecule has 104 valence electrons. The summed E-state index contributed by atoms with van der Waals surface area (Å²) in [5, 5.41) is 13.5. The van der Waals surface area contributed by atoms with Crippen LogP contribution in [0.15, 0.2) is 18.2 Å². The van der Waals surface area contributed by atoms with E-state index >= 15 is 0 Å². The Morgan fingerprint density at radius 2 is 2.16 bits per heavy atom. The second-order valence-electron chi connectivity index (χ2n) is 4.94. The number of amides is 1. The van der Waals surface area contributed by atoms with E-state index in [-0.39, 0.29) is 22.7 Å². The number of hydrogen-bond acceptors (Lipinski definition) is 2. The van der Waals surface area contributed by atoms with Gasteiger partial charge in [0.15, 0.2) is 0 Å². The Morgan fingerprint density at radius 3 is 2.84 bits per heavy atom. The van der Waals surface area contributed by atoms with Crippen molar-refractivity contribution >= 4 is 33.4 Å². The summed E-state index contributed by atoms with van der Waals surface area (Å²) >= 11 is 9.33. The molecule has 1 fully saturated rings. The van der Waals surface area contributed by atoms with Gasteiger partial charge in [-0.15, -0.1) is 0 Å². The SMILES string of the molecule is O=C(NC1CCCCC1CBr)c1ccc(O)c(Cl)c1. The standard InChI is InChI=1S/C14H17BrClNO2/c15-8-10-3-1-2-4-12(10)17-14(19)9-5-6-13(18)11(16)7-9/h5-7,10,12,18H,1-4,8H2,(H,17,19). The van der Waals surface area contributed by atoms with E-state index in [1.807, 2.05) is 0 Å². The maximum absolute atomic E-state index is 12.2. The maximum atomic E-state index is 12.2. The average molecular weight is 347 g/mol. The van der Waals surface area contributed by atoms with Crippen molar-refractivity contribution in [1.82, 2.24) is 5.32 Å². The minimum Gasteiger partial charge on any atom is -0.506 e. The third-order valence-corrected chi connectivity index (χ3v) is 4.77. The molecule has 5 heteroatoms. The van der Waals surface area contributed by atoms with Crippen molar-refractivity contribution in [3.05, 3.63) is 28.8 Å². The summed E-state index contributed by atoms with van der Waals surface area (Å²) in [5.41, 5.74) is 0.488. The van der Waals surface area contributed by atoms with Crippen LogP contribution in [0.2, 0.25) is 5.02 Å². The molecule has 2 unspecified atom stereocenters. The largest absolute Gasteiger partial charge is 0.506 e. The molecular formula is C14H17BrClNO2. The molecule has 2 atom stereocenters. The van der Waals surface area contributed by atoms with Gasteiger partial charge in [0.1, 0.15) is 5.75 Å². The van der Waals surface area contributed by atoms with Crippen molar-refractivity contribution in [3.8, 4) is 5.75 Å². The van der Waals surface area contributed by atoms with E-state index in [0.717, 1.165) is 24.6 Å². The summed E-state index contributed by atoms with van der Waals surface area (Å²) in [4.78, 5) is 12.2. The van der Waals surface area contributed by atoms with E-state index in [9.17, 15) is 9.90 Å². The monoisotopic (exact) mass is 345 g/mol. The molecule has 2 rings (SSSR count). The number of phenolic OH excluding ortho intramolecular Hbond substituents is 1. The first kappa shape index (κ1) is 14.7. The molecular weight excluding hydrogens is 330 g/mol. The molecule has 19 heavy (non-hydrogen) atoms. The summed E-state index contributed by atoms with van der Waals surface area (Å²) in [6.07, 6.45) is 4.55. The zero-order valence-corrected chi connectivity index (χ0v) is 12.9. The van der Waals surface area contributed by atoms with Crippen LogP contribution in [-0.4, -0.2) is 22.4 Å². The van der Waals surface area contributed by atoms with Gasteiger partial charge in [0.25, 0.3) is 5.91 Å². The molecule has 1 saturated carbocycles. The number of benzene rings is 1. The summed E-state index contributed by atoms with van der Waals surface area (Å²) < 4.78 is 0. The van der Waals surface area contributed by atoms with Gasteiger partial charge in [0.05, 0.1) is 5.02 Å². The Kier molecular flexibility index (Phi) is 5.11. The highest BCUT2D eigenvalue weighted by molar-refractivity contribution is 9.09. The van der Waals surface area contributed by atoms with Gasteiger partial charge in [-0.1, -0.05) is 40.4 Å². The molecule has 3 nitrogen and oxygen atoms in total. The first-order valence-corrected chi connectivity index (χ1v) is 7.97. The lowest BCUT2D eigenvalue weighted by Crippen LogP contribution is -2.42. The van der Waals surface area contributed by atoms with Crippen LogP contribution in [0.3, 0.4) is 0 Å². The minimum absolute atomic E-state index is 0.00535. The molecule has 0 aliphatic heterocycles. The fraction of sp³-hybridized carbons (Fsp3) is 0.500. The van der Waals surface area contributed by atoms with Crippen LogP contribution in [0.4, 0.5) is 0 Å². The first-order valence-electron chi connectivity index (χ1n) is 6.47. The number of carbonyl (C=O) groups excluding carboxylic acids is 1. The average Bonchev–Trinajstić information content (AvgIpc) is 2.42. The molecule has 0 radical (unpaired) electrons. The summed E-state index contributed by atoms with van der Waals surface area (Å²) in [6.45, 7) is 0. The maximum Gasteiger partial charge on any atom is 0.251 e. The van der Waals surface area contributed by atoms with E-state index in [2.05, 4.69) is 21.2 Å². The lowest BCUT2D eigenvalue weighted by atomic mass is 9.86. The van der Waals surface area contributed by atoms with E-state index in [1.54, 1.807) is 6.07 Å². The zero-order valence-electron chi connectivity index (χ0n) is 10.5. The predicted octanol–water partition coefficient (Wildman–Crippen LogP) is 3.73. The second-order valence-corrected chi connectivity index (χ2v) is 6.00. The molecule has 2 N–H and O–H groups in total. The third-order valence-electron chi connectivity index (χ3n) is 3.63. The highest BCUT2D eigenvalue weighted by Crippen LogP contribution is 2.27. The molecule has 1 aliphatic rings. The molecule has 0 bridgehead atoms. The van der Waals surface area contributed by atoms with Gasteiger partial charge in [0, 0.05) is 16.9 Å². The van der Waals surface area contributed by atoms with Crippen molar-refractivity contribution in [1.29, 1.82) is 0 Å². The van der Waals surface area contributed by atoms with Crippen LogP contribution in [0.25, 0.3) is 0 Å². The smallest absolute Gasteiger partial charge is 0.251 e. The molecule has 0 heterocycles. The molecule has 1 amide bonds. The number of halogens is 2. The van der Waals surface area contributed by atoms with Gasteiger partial charge < -0.3 is 10.4 Å². The number of rotatable bonds is 3. The van der Waals surface area contributed by atoms with Crippen molar-refractivity contribution in [3.63, 3.8) is 0 Å².